The Morgan fingerprint density at radius 3 is 2.65 bits per heavy atom. The van der Waals surface area contributed by atoms with E-state index in [1.807, 2.05) is 11.6 Å². The van der Waals surface area contributed by atoms with Crippen LogP contribution in [0.25, 0.3) is 0 Å². The highest BCUT2D eigenvalue weighted by atomic mass is 32.1. The first-order valence-electron chi connectivity index (χ1n) is 6.40. The Morgan fingerprint density at radius 2 is 2.12 bits per heavy atom. The maximum Gasteiger partial charge on any atom is 0.109 e. The molecule has 1 atom stereocenters. The van der Waals surface area contributed by atoms with Crippen LogP contribution in [-0.4, -0.2) is 23.6 Å². The first-order valence-corrected chi connectivity index (χ1v) is 7.28. The van der Waals surface area contributed by atoms with Crippen molar-refractivity contribution in [1.82, 2.24) is 15.6 Å². The second kappa shape index (κ2) is 7.09. The van der Waals surface area contributed by atoms with Crippen LogP contribution in [0.5, 0.6) is 0 Å². The number of nitrogens with zero attached hydrogens (tertiary/aromatic N) is 1. The highest BCUT2D eigenvalue weighted by Gasteiger charge is 2.11. The van der Waals surface area contributed by atoms with Crippen molar-refractivity contribution < 1.29 is 0 Å². The van der Waals surface area contributed by atoms with E-state index in [0.717, 1.165) is 25.9 Å². The average molecular weight is 255 g/mol. The van der Waals surface area contributed by atoms with Gasteiger partial charge in [0.1, 0.15) is 5.01 Å². The standard InChI is InChI=1S/C13H25N3S/c1-5-11(12-15-9-10-17-12)14-7-6-8-16-13(2,3)4/h9-11,14,16H,5-8H2,1-4H3. The van der Waals surface area contributed by atoms with Crippen LogP contribution in [0.3, 0.4) is 0 Å². The van der Waals surface area contributed by atoms with Gasteiger partial charge in [0.25, 0.3) is 0 Å². The van der Waals surface area contributed by atoms with Crippen molar-refractivity contribution in [2.75, 3.05) is 13.1 Å². The summed E-state index contributed by atoms with van der Waals surface area (Å²) in [6, 6.07) is 0.421. The predicted molar refractivity (Wildman–Crippen MR) is 75.5 cm³/mol. The highest BCUT2D eigenvalue weighted by molar-refractivity contribution is 7.09. The molecule has 1 rings (SSSR count). The molecule has 1 aromatic heterocycles. The van der Waals surface area contributed by atoms with Crippen LogP contribution in [0.1, 0.15) is 51.6 Å². The zero-order valence-electron chi connectivity index (χ0n) is 11.4. The van der Waals surface area contributed by atoms with E-state index in [-0.39, 0.29) is 5.54 Å². The van der Waals surface area contributed by atoms with Crippen molar-refractivity contribution in [3.63, 3.8) is 0 Å². The molecule has 1 heterocycles. The van der Waals surface area contributed by atoms with Gasteiger partial charge in [-0.2, -0.15) is 0 Å². The summed E-state index contributed by atoms with van der Waals surface area (Å²) < 4.78 is 0. The molecule has 0 saturated carbocycles. The highest BCUT2D eigenvalue weighted by Crippen LogP contribution is 2.18. The number of thiazole rings is 1. The number of aromatic nitrogens is 1. The molecular formula is C13H25N3S. The molecule has 0 fully saturated rings. The van der Waals surface area contributed by atoms with E-state index in [9.17, 15) is 0 Å². The minimum atomic E-state index is 0.222. The quantitative estimate of drug-likeness (QED) is 0.736. The molecule has 2 N–H and O–H groups in total. The van der Waals surface area contributed by atoms with Crippen molar-refractivity contribution in [2.24, 2.45) is 0 Å². The molecule has 17 heavy (non-hydrogen) atoms. The summed E-state index contributed by atoms with van der Waals surface area (Å²) >= 11 is 1.73. The summed E-state index contributed by atoms with van der Waals surface area (Å²) in [5, 5.41) is 10.3. The van der Waals surface area contributed by atoms with E-state index >= 15 is 0 Å². The second-order valence-corrected chi connectivity index (χ2v) is 6.24. The monoisotopic (exact) mass is 255 g/mol. The minimum absolute atomic E-state index is 0.222. The molecule has 0 spiro atoms. The Bertz CT molecular complexity index is 290. The molecule has 0 saturated heterocycles. The van der Waals surface area contributed by atoms with Gasteiger partial charge in [-0.1, -0.05) is 6.92 Å². The SMILES string of the molecule is CCC(NCCCNC(C)(C)C)c1nccs1. The maximum absolute atomic E-state index is 4.37. The van der Waals surface area contributed by atoms with Gasteiger partial charge in [0, 0.05) is 17.1 Å². The lowest BCUT2D eigenvalue weighted by Gasteiger charge is -2.21. The lowest BCUT2D eigenvalue weighted by molar-refractivity contribution is 0.411. The molecule has 0 aromatic carbocycles. The summed E-state index contributed by atoms with van der Waals surface area (Å²) in [5.74, 6) is 0. The Morgan fingerprint density at radius 1 is 1.35 bits per heavy atom. The van der Waals surface area contributed by atoms with E-state index in [2.05, 4.69) is 43.3 Å². The van der Waals surface area contributed by atoms with E-state index < -0.39 is 0 Å². The maximum atomic E-state index is 4.37. The summed E-state index contributed by atoms with van der Waals surface area (Å²) in [6.07, 6.45) is 4.13. The van der Waals surface area contributed by atoms with Crippen LogP contribution in [0.2, 0.25) is 0 Å². The van der Waals surface area contributed by atoms with Crippen molar-refractivity contribution >= 4 is 11.3 Å². The molecular weight excluding hydrogens is 230 g/mol. The van der Waals surface area contributed by atoms with Crippen LogP contribution < -0.4 is 10.6 Å². The third kappa shape index (κ3) is 6.15. The smallest absolute Gasteiger partial charge is 0.109 e. The van der Waals surface area contributed by atoms with Crippen molar-refractivity contribution in [2.45, 2.75) is 52.1 Å². The van der Waals surface area contributed by atoms with Gasteiger partial charge < -0.3 is 10.6 Å². The third-order valence-electron chi connectivity index (χ3n) is 2.56. The number of hydrogen-bond donors (Lipinski definition) is 2. The summed E-state index contributed by atoms with van der Waals surface area (Å²) in [6.45, 7) is 10.9. The fourth-order valence-electron chi connectivity index (χ4n) is 1.64. The molecule has 0 radical (unpaired) electrons. The van der Waals surface area contributed by atoms with E-state index in [4.69, 9.17) is 0 Å². The van der Waals surface area contributed by atoms with Crippen molar-refractivity contribution in [1.29, 1.82) is 0 Å². The molecule has 98 valence electrons. The zero-order chi connectivity index (χ0) is 12.7. The van der Waals surface area contributed by atoms with E-state index in [0.29, 0.717) is 6.04 Å². The van der Waals surface area contributed by atoms with Crippen molar-refractivity contribution in [3.05, 3.63) is 16.6 Å². The Hall–Kier alpha value is -0.450. The van der Waals surface area contributed by atoms with Crippen LogP contribution in [0.4, 0.5) is 0 Å². The van der Waals surface area contributed by atoms with Crippen LogP contribution in [-0.2, 0) is 0 Å². The van der Waals surface area contributed by atoms with Crippen molar-refractivity contribution in [3.8, 4) is 0 Å². The molecule has 0 aliphatic carbocycles. The lowest BCUT2D eigenvalue weighted by atomic mass is 10.1. The topological polar surface area (TPSA) is 37.0 Å². The van der Waals surface area contributed by atoms with Crippen LogP contribution in [0.15, 0.2) is 11.6 Å². The average Bonchev–Trinajstić information content (AvgIpc) is 2.75. The molecule has 0 bridgehead atoms. The van der Waals surface area contributed by atoms with Gasteiger partial charge in [-0.15, -0.1) is 11.3 Å². The summed E-state index contributed by atoms with van der Waals surface area (Å²) in [7, 11) is 0. The van der Waals surface area contributed by atoms with Gasteiger partial charge in [0.2, 0.25) is 0 Å². The van der Waals surface area contributed by atoms with Gasteiger partial charge in [-0.3, -0.25) is 0 Å². The van der Waals surface area contributed by atoms with E-state index in [1.54, 1.807) is 11.3 Å². The number of nitrogens with one attached hydrogen (secondary N) is 2. The molecule has 1 unspecified atom stereocenters. The Labute approximate surface area is 109 Å². The first-order chi connectivity index (χ1) is 8.03. The lowest BCUT2D eigenvalue weighted by Crippen LogP contribution is -2.37. The fourth-order valence-corrected chi connectivity index (χ4v) is 2.44. The number of rotatable bonds is 7. The van der Waals surface area contributed by atoms with Crippen LogP contribution >= 0.6 is 11.3 Å². The van der Waals surface area contributed by atoms with Gasteiger partial charge in [-0.05, 0) is 46.7 Å². The van der Waals surface area contributed by atoms with Crippen LogP contribution in [0, 0.1) is 0 Å². The fraction of sp³-hybridized carbons (Fsp3) is 0.769. The summed E-state index contributed by atoms with van der Waals surface area (Å²) in [5.41, 5.74) is 0.222. The minimum Gasteiger partial charge on any atom is -0.312 e. The molecule has 4 heteroatoms. The molecule has 1 aromatic rings. The second-order valence-electron chi connectivity index (χ2n) is 5.32. The van der Waals surface area contributed by atoms with Gasteiger partial charge >= 0.3 is 0 Å². The third-order valence-corrected chi connectivity index (χ3v) is 3.45. The summed E-state index contributed by atoms with van der Waals surface area (Å²) in [4.78, 5) is 4.37. The zero-order valence-corrected chi connectivity index (χ0v) is 12.2. The van der Waals surface area contributed by atoms with Gasteiger partial charge in [-0.25, -0.2) is 4.98 Å². The van der Waals surface area contributed by atoms with Gasteiger partial charge in [0.15, 0.2) is 0 Å². The molecule has 0 amide bonds. The van der Waals surface area contributed by atoms with E-state index in [1.165, 1.54) is 5.01 Å². The van der Waals surface area contributed by atoms with Gasteiger partial charge in [0.05, 0.1) is 6.04 Å². The normalized spacial score (nSPS) is 13.9. The Kier molecular flexibility index (Phi) is 6.09. The number of hydrogen-bond acceptors (Lipinski definition) is 4. The first kappa shape index (κ1) is 14.6. The molecule has 0 aliphatic rings. The predicted octanol–water partition coefficient (Wildman–Crippen LogP) is 2.96. The largest absolute Gasteiger partial charge is 0.312 e. The molecule has 0 aliphatic heterocycles. The Balaban J connectivity index is 2.17. The molecule has 3 nitrogen and oxygen atoms in total.